The fraction of sp³-hybridized carbons (Fsp3) is 0.800. The Kier molecular flexibility index (Phi) is 4.43. The average Bonchev–Trinajstić information content (AvgIpc) is 1.94. The highest BCUT2D eigenvalue weighted by Crippen LogP contribution is 2.33. The minimum atomic E-state index is -0.661. The summed E-state index contributed by atoms with van der Waals surface area (Å²) in [6, 6.07) is -0.0899. The van der Waals surface area contributed by atoms with Gasteiger partial charge in [0.2, 0.25) is 0 Å². The average molecular weight is 206 g/mol. The molecule has 3 atom stereocenters. The van der Waals surface area contributed by atoms with Crippen LogP contribution >= 0.6 is 12.4 Å². The Bertz CT molecular complexity index is 191. The summed E-state index contributed by atoms with van der Waals surface area (Å²) >= 11 is 0. The summed E-state index contributed by atoms with van der Waals surface area (Å²) in [5.74, 6) is 0.514. The molecule has 0 heterocycles. The number of hydrogen-bond donors (Lipinski definition) is 2. The Morgan fingerprint density at radius 2 is 2.15 bits per heavy atom. The van der Waals surface area contributed by atoms with Crippen molar-refractivity contribution in [2.75, 3.05) is 0 Å². The third-order valence-electron chi connectivity index (χ3n) is 3.03. The van der Waals surface area contributed by atoms with Gasteiger partial charge in [0.15, 0.2) is 0 Å². The zero-order valence-corrected chi connectivity index (χ0v) is 9.23. The quantitative estimate of drug-likeness (QED) is 0.642. The van der Waals surface area contributed by atoms with E-state index in [9.17, 15) is 5.11 Å². The van der Waals surface area contributed by atoms with Crippen molar-refractivity contribution in [3.05, 3.63) is 12.2 Å². The summed E-state index contributed by atoms with van der Waals surface area (Å²) < 4.78 is 0. The van der Waals surface area contributed by atoms with Gasteiger partial charge < -0.3 is 10.8 Å². The lowest BCUT2D eigenvalue weighted by molar-refractivity contribution is -0.00644. The van der Waals surface area contributed by atoms with Gasteiger partial charge in [-0.15, -0.1) is 12.4 Å². The molecule has 0 saturated heterocycles. The molecule has 1 saturated carbocycles. The van der Waals surface area contributed by atoms with E-state index in [4.69, 9.17) is 5.73 Å². The summed E-state index contributed by atoms with van der Waals surface area (Å²) in [4.78, 5) is 0. The van der Waals surface area contributed by atoms with Gasteiger partial charge in [0.1, 0.15) is 0 Å². The summed E-state index contributed by atoms with van der Waals surface area (Å²) in [6.45, 7) is 7.79. The molecular weight excluding hydrogens is 186 g/mol. The highest BCUT2D eigenvalue weighted by Gasteiger charge is 2.35. The van der Waals surface area contributed by atoms with E-state index in [1.165, 1.54) is 5.57 Å². The van der Waals surface area contributed by atoms with Crippen LogP contribution in [0.5, 0.6) is 0 Å². The highest BCUT2D eigenvalue weighted by molar-refractivity contribution is 5.85. The van der Waals surface area contributed by atoms with Gasteiger partial charge in [-0.2, -0.15) is 0 Å². The van der Waals surface area contributed by atoms with Crippen LogP contribution in [0.3, 0.4) is 0 Å². The largest absolute Gasteiger partial charge is 0.389 e. The number of aliphatic hydroxyl groups is 1. The predicted octanol–water partition coefficient (Wildman–Crippen LogP) is 1.86. The summed E-state index contributed by atoms with van der Waals surface area (Å²) in [7, 11) is 0. The van der Waals surface area contributed by atoms with Crippen molar-refractivity contribution in [2.24, 2.45) is 11.7 Å². The monoisotopic (exact) mass is 205 g/mol. The van der Waals surface area contributed by atoms with Crippen molar-refractivity contribution in [1.29, 1.82) is 0 Å². The number of rotatable bonds is 1. The lowest BCUT2D eigenvalue weighted by Gasteiger charge is -2.38. The molecule has 0 amide bonds. The number of halogens is 1. The van der Waals surface area contributed by atoms with Gasteiger partial charge in [-0.1, -0.05) is 12.2 Å². The van der Waals surface area contributed by atoms with Crippen LogP contribution in [0.2, 0.25) is 0 Å². The highest BCUT2D eigenvalue weighted by atomic mass is 35.5. The summed E-state index contributed by atoms with van der Waals surface area (Å²) in [5.41, 5.74) is 6.38. The molecular formula is C10H20ClNO. The SMILES string of the molecule is C=C(C)C1CCC(C)(O)C(N)C1.Cl. The first-order valence-electron chi connectivity index (χ1n) is 4.57. The molecule has 3 N–H and O–H groups in total. The Morgan fingerprint density at radius 3 is 2.54 bits per heavy atom. The second-order valence-corrected chi connectivity index (χ2v) is 4.28. The van der Waals surface area contributed by atoms with Crippen LogP contribution in [-0.4, -0.2) is 16.7 Å². The van der Waals surface area contributed by atoms with Crippen LogP contribution in [0, 0.1) is 5.92 Å². The maximum Gasteiger partial charge on any atom is 0.0770 e. The normalized spacial score (nSPS) is 39.4. The molecule has 0 radical (unpaired) electrons. The van der Waals surface area contributed by atoms with Crippen LogP contribution in [-0.2, 0) is 0 Å². The molecule has 0 bridgehead atoms. The molecule has 1 aliphatic carbocycles. The number of allylic oxidation sites excluding steroid dienone is 1. The van der Waals surface area contributed by atoms with Gasteiger partial charge in [-0.3, -0.25) is 0 Å². The molecule has 0 aromatic heterocycles. The molecule has 0 aromatic carbocycles. The molecule has 3 heteroatoms. The maximum atomic E-state index is 9.79. The maximum absolute atomic E-state index is 9.79. The van der Waals surface area contributed by atoms with Gasteiger partial charge >= 0.3 is 0 Å². The Hall–Kier alpha value is -0.0500. The number of nitrogens with two attached hydrogens (primary N) is 1. The number of hydrogen-bond acceptors (Lipinski definition) is 2. The van der Waals surface area contributed by atoms with Crippen molar-refractivity contribution >= 4 is 12.4 Å². The Morgan fingerprint density at radius 1 is 1.62 bits per heavy atom. The van der Waals surface area contributed by atoms with E-state index in [1.54, 1.807) is 0 Å². The molecule has 1 rings (SSSR count). The molecule has 3 unspecified atom stereocenters. The molecule has 78 valence electrons. The third-order valence-corrected chi connectivity index (χ3v) is 3.03. The van der Waals surface area contributed by atoms with Gasteiger partial charge in [-0.05, 0) is 39.0 Å². The van der Waals surface area contributed by atoms with E-state index in [1.807, 2.05) is 13.8 Å². The van der Waals surface area contributed by atoms with Crippen LogP contribution < -0.4 is 5.73 Å². The van der Waals surface area contributed by atoms with Crippen LogP contribution in [0.4, 0.5) is 0 Å². The zero-order chi connectivity index (χ0) is 9.35. The van der Waals surface area contributed by atoms with Crippen molar-refractivity contribution in [2.45, 2.75) is 44.8 Å². The molecule has 0 aliphatic heterocycles. The first kappa shape index (κ1) is 12.9. The van der Waals surface area contributed by atoms with Gasteiger partial charge in [0, 0.05) is 6.04 Å². The first-order chi connectivity index (χ1) is 5.43. The molecule has 0 aromatic rings. The van der Waals surface area contributed by atoms with Crippen molar-refractivity contribution in [3.8, 4) is 0 Å². The molecule has 1 aliphatic rings. The first-order valence-corrected chi connectivity index (χ1v) is 4.57. The van der Waals surface area contributed by atoms with E-state index >= 15 is 0 Å². The topological polar surface area (TPSA) is 46.2 Å². The third kappa shape index (κ3) is 2.97. The standard InChI is InChI=1S/C10H19NO.ClH/c1-7(2)8-4-5-10(3,12)9(11)6-8;/h8-9,12H,1,4-6,11H2,2-3H3;1H. The van der Waals surface area contributed by atoms with Gasteiger partial charge in [0.25, 0.3) is 0 Å². The van der Waals surface area contributed by atoms with Crippen LogP contribution in [0.1, 0.15) is 33.1 Å². The Balaban J connectivity index is 0.00000144. The summed E-state index contributed by atoms with van der Waals surface area (Å²) in [6.07, 6.45) is 2.70. The van der Waals surface area contributed by atoms with E-state index in [0.29, 0.717) is 5.92 Å². The molecule has 1 fully saturated rings. The lowest BCUT2D eigenvalue weighted by atomic mass is 9.74. The fourth-order valence-corrected chi connectivity index (χ4v) is 1.78. The molecule has 2 nitrogen and oxygen atoms in total. The minimum absolute atomic E-state index is 0. The second kappa shape index (κ2) is 4.45. The van der Waals surface area contributed by atoms with Gasteiger partial charge in [-0.25, -0.2) is 0 Å². The van der Waals surface area contributed by atoms with Crippen LogP contribution in [0.15, 0.2) is 12.2 Å². The van der Waals surface area contributed by atoms with E-state index in [-0.39, 0.29) is 18.4 Å². The zero-order valence-electron chi connectivity index (χ0n) is 8.42. The molecule has 13 heavy (non-hydrogen) atoms. The van der Waals surface area contributed by atoms with Crippen molar-refractivity contribution in [1.82, 2.24) is 0 Å². The van der Waals surface area contributed by atoms with Crippen molar-refractivity contribution in [3.63, 3.8) is 0 Å². The lowest BCUT2D eigenvalue weighted by Crippen LogP contribution is -2.50. The predicted molar refractivity (Wildman–Crippen MR) is 58.0 cm³/mol. The van der Waals surface area contributed by atoms with E-state index in [0.717, 1.165) is 19.3 Å². The minimum Gasteiger partial charge on any atom is -0.389 e. The van der Waals surface area contributed by atoms with Gasteiger partial charge in [0.05, 0.1) is 5.60 Å². The van der Waals surface area contributed by atoms with Crippen molar-refractivity contribution < 1.29 is 5.11 Å². The molecule has 0 spiro atoms. The van der Waals surface area contributed by atoms with E-state index < -0.39 is 5.60 Å². The summed E-state index contributed by atoms with van der Waals surface area (Å²) in [5, 5.41) is 9.79. The van der Waals surface area contributed by atoms with Crippen LogP contribution in [0.25, 0.3) is 0 Å². The van der Waals surface area contributed by atoms with E-state index in [2.05, 4.69) is 6.58 Å². The second-order valence-electron chi connectivity index (χ2n) is 4.28. The Labute approximate surface area is 86.6 Å². The smallest absolute Gasteiger partial charge is 0.0770 e. The fourth-order valence-electron chi connectivity index (χ4n) is 1.78.